The van der Waals surface area contributed by atoms with Crippen LogP contribution >= 0.6 is 38.9 Å². The van der Waals surface area contributed by atoms with Crippen LogP contribution in [0.25, 0.3) is 0 Å². The van der Waals surface area contributed by atoms with Gasteiger partial charge in [0.05, 0.1) is 21.0 Å². The molecule has 0 spiro atoms. The van der Waals surface area contributed by atoms with E-state index in [0.29, 0.717) is 21.0 Å². The molecule has 0 aromatic carbocycles. The molecule has 0 saturated carbocycles. The lowest BCUT2D eigenvalue weighted by atomic mass is 10.3. The third-order valence-electron chi connectivity index (χ3n) is 2.63. The van der Waals surface area contributed by atoms with Crippen molar-refractivity contribution < 1.29 is 8.42 Å². The molecule has 0 aliphatic rings. The van der Waals surface area contributed by atoms with E-state index < -0.39 is 10.0 Å². The molecule has 0 amide bonds. The minimum absolute atomic E-state index is 0.229. The first-order chi connectivity index (χ1) is 9.45. The summed E-state index contributed by atoms with van der Waals surface area (Å²) >= 11 is 10.3. The molecule has 2 aromatic rings. The van der Waals surface area contributed by atoms with Crippen LogP contribution in [0.3, 0.4) is 0 Å². The fraction of sp³-hybridized carbons (Fsp3) is 0.250. The van der Waals surface area contributed by atoms with Crippen molar-refractivity contribution in [3.8, 4) is 0 Å². The molecule has 0 radical (unpaired) electrons. The molecule has 4 nitrogen and oxygen atoms in total. The molecule has 8 heteroatoms. The number of halogens is 2. The fourth-order valence-electron chi connectivity index (χ4n) is 1.62. The molecule has 0 saturated heterocycles. The Morgan fingerprint density at radius 3 is 2.70 bits per heavy atom. The maximum Gasteiger partial charge on any atom is 0.252 e. The van der Waals surface area contributed by atoms with Crippen LogP contribution < -0.4 is 0 Å². The number of rotatable bonds is 5. The van der Waals surface area contributed by atoms with Crippen LogP contribution in [0.2, 0.25) is 5.02 Å². The van der Waals surface area contributed by atoms with Gasteiger partial charge in [-0.15, -0.1) is 11.3 Å². The van der Waals surface area contributed by atoms with E-state index in [9.17, 15) is 8.42 Å². The summed E-state index contributed by atoms with van der Waals surface area (Å²) in [5.41, 5.74) is 0.708. The lowest BCUT2D eigenvalue weighted by molar-refractivity contribution is 0.420. The van der Waals surface area contributed by atoms with Crippen molar-refractivity contribution in [2.75, 3.05) is 6.54 Å². The average Bonchev–Trinajstić information content (AvgIpc) is 2.78. The molecular formula is C12H12BrClN2O2S2. The van der Waals surface area contributed by atoms with Gasteiger partial charge in [0.1, 0.15) is 4.21 Å². The van der Waals surface area contributed by atoms with E-state index in [0.717, 1.165) is 11.3 Å². The lowest BCUT2D eigenvalue weighted by Crippen LogP contribution is -2.30. The van der Waals surface area contributed by atoms with Crippen molar-refractivity contribution in [2.45, 2.75) is 17.7 Å². The lowest BCUT2D eigenvalue weighted by Gasteiger charge is -2.18. The summed E-state index contributed by atoms with van der Waals surface area (Å²) in [7, 11) is -3.55. The Hall–Kier alpha value is -0.470. The molecule has 0 fully saturated rings. The van der Waals surface area contributed by atoms with Crippen LogP contribution in [0.1, 0.15) is 12.6 Å². The monoisotopic (exact) mass is 394 g/mol. The average molecular weight is 396 g/mol. The van der Waals surface area contributed by atoms with E-state index in [1.807, 2.05) is 6.07 Å². The Bertz CT molecular complexity index is 669. The standard InChI is InChI=1S/C12H12BrClN2O2S2/c1-2-16(8-9-5-3-4-6-15-9)20(17,18)11-7-10(14)12(13)19-11/h3-7H,2,8H2,1H3. The highest BCUT2D eigenvalue weighted by molar-refractivity contribution is 9.11. The molecule has 0 unspecified atom stereocenters. The van der Waals surface area contributed by atoms with Crippen molar-refractivity contribution in [3.63, 3.8) is 0 Å². The van der Waals surface area contributed by atoms with Gasteiger partial charge in [-0.25, -0.2) is 8.42 Å². The smallest absolute Gasteiger partial charge is 0.252 e. The first-order valence-electron chi connectivity index (χ1n) is 5.80. The topological polar surface area (TPSA) is 50.3 Å². The predicted octanol–water partition coefficient (Wildman–Crippen LogP) is 3.77. The largest absolute Gasteiger partial charge is 0.260 e. The quantitative estimate of drug-likeness (QED) is 0.774. The highest BCUT2D eigenvalue weighted by Gasteiger charge is 2.26. The zero-order valence-electron chi connectivity index (χ0n) is 10.6. The number of aromatic nitrogens is 1. The molecule has 0 atom stereocenters. The Morgan fingerprint density at radius 1 is 1.45 bits per heavy atom. The van der Waals surface area contributed by atoms with E-state index in [1.165, 1.54) is 10.4 Å². The zero-order valence-corrected chi connectivity index (χ0v) is 14.6. The number of nitrogens with zero attached hydrogens (tertiary/aromatic N) is 2. The van der Waals surface area contributed by atoms with Gasteiger partial charge in [0.2, 0.25) is 0 Å². The van der Waals surface area contributed by atoms with Gasteiger partial charge < -0.3 is 0 Å². The normalized spacial score (nSPS) is 12.0. The third-order valence-corrected chi connectivity index (χ3v) is 7.48. The summed E-state index contributed by atoms with van der Waals surface area (Å²) in [5, 5.41) is 0.405. The second kappa shape index (κ2) is 6.53. The molecule has 0 aliphatic heterocycles. The van der Waals surface area contributed by atoms with Crippen LogP contribution in [-0.4, -0.2) is 24.3 Å². The van der Waals surface area contributed by atoms with Gasteiger partial charge >= 0.3 is 0 Å². The maximum absolute atomic E-state index is 12.6. The summed E-state index contributed by atoms with van der Waals surface area (Å²) in [6.45, 7) is 2.41. The summed E-state index contributed by atoms with van der Waals surface area (Å²) in [6, 6.07) is 6.90. The second-order valence-electron chi connectivity index (χ2n) is 3.94. The van der Waals surface area contributed by atoms with Crippen LogP contribution in [0.15, 0.2) is 38.5 Å². The van der Waals surface area contributed by atoms with Crippen molar-refractivity contribution >= 4 is 48.9 Å². The van der Waals surface area contributed by atoms with Crippen LogP contribution in [0, 0.1) is 0 Å². The Labute approximate surface area is 135 Å². The molecule has 2 rings (SSSR count). The maximum atomic E-state index is 12.6. The van der Waals surface area contributed by atoms with E-state index in [-0.39, 0.29) is 10.8 Å². The highest BCUT2D eigenvalue weighted by atomic mass is 79.9. The number of thiophene rings is 1. The van der Waals surface area contributed by atoms with E-state index in [4.69, 9.17) is 11.6 Å². The SMILES string of the molecule is CCN(Cc1ccccn1)S(=O)(=O)c1cc(Cl)c(Br)s1. The van der Waals surface area contributed by atoms with Gasteiger partial charge in [0, 0.05) is 12.7 Å². The van der Waals surface area contributed by atoms with E-state index >= 15 is 0 Å². The number of pyridine rings is 1. The van der Waals surface area contributed by atoms with Gasteiger partial charge in [-0.05, 0) is 34.1 Å². The third kappa shape index (κ3) is 3.40. The second-order valence-corrected chi connectivity index (χ2v) is 8.88. The fourth-order valence-corrected chi connectivity index (χ4v) is 5.59. The number of hydrogen-bond donors (Lipinski definition) is 0. The van der Waals surface area contributed by atoms with E-state index in [2.05, 4.69) is 20.9 Å². The van der Waals surface area contributed by atoms with Crippen LogP contribution in [0.5, 0.6) is 0 Å². The molecule has 20 heavy (non-hydrogen) atoms. The molecule has 2 heterocycles. The minimum Gasteiger partial charge on any atom is -0.260 e. The Morgan fingerprint density at radius 2 is 2.20 bits per heavy atom. The van der Waals surface area contributed by atoms with Crippen molar-refractivity contribution in [2.24, 2.45) is 0 Å². The first kappa shape index (κ1) is 15.9. The molecule has 0 bridgehead atoms. The van der Waals surface area contributed by atoms with E-state index in [1.54, 1.807) is 25.3 Å². The van der Waals surface area contributed by atoms with Gasteiger partial charge in [0.15, 0.2) is 0 Å². The van der Waals surface area contributed by atoms with Gasteiger partial charge in [0.25, 0.3) is 10.0 Å². The van der Waals surface area contributed by atoms with Gasteiger partial charge in [-0.2, -0.15) is 4.31 Å². The molecule has 2 aromatic heterocycles. The number of hydrogen-bond acceptors (Lipinski definition) is 4. The van der Waals surface area contributed by atoms with Crippen molar-refractivity contribution in [1.29, 1.82) is 0 Å². The zero-order chi connectivity index (χ0) is 14.8. The van der Waals surface area contributed by atoms with Crippen LogP contribution in [-0.2, 0) is 16.6 Å². The minimum atomic E-state index is -3.55. The van der Waals surface area contributed by atoms with Crippen molar-refractivity contribution in [1.82, 2.24) is 9.29 Å². The summed E-state index contributed by atoms with van der Waals surface area (Å²) in [5.74, 6) is 0. The first-order valence-corrected chi connectivity index (χ1v) is 9.22. The summed E-state index contributed by atoms with van der Waals surface area (Å²) in [6.07, 6.45) is 1.65. The van der Waals surface area contributed by atoms with Gasteiger partial charge in [-0.3, -0.25) is 4.98 Å². The van der Waals surface area contributed by atoms with Gasteiger partial charge in [-0.1, -0.05) is 24.6 Å². The Kier molecular flexibility index (Phi) is 5.19. The Balaban J connectivity index is 2.30. The molecule has 108 valence electrons. The van der Waals surface area contributed by atoms with Crippen LogP contribution in [0.4, 0.5) is 0 Å². The van der Waals surface area contributed by atoms with Crippen molar-refractivity contribution in [3.05, 3.63) is 45.0 Å². The summed E-state index contributed by atoms with van der Waals surface area (Å²) in [4.78, 5) is 4.16. The molecule has 0 N–H and O–H groups in total. The number of sulfonamides is 1. The highest BCUT2D eigenvalue weighted by Crippen LogP contribution is 2.36. The molecule has 0 aliphatic carbocycles. The summed E-state index contributed by atoms with van der Waals surface area (Å²) < 4.78 is 27.3. The molecular weight excluding hydrogens is 384 g/mol. The predicted molar refractivity (Wildman–Crippen MR) is 84.5 cm³/mol.